The van der Waals surface area contributed by atoms with Crippen LogP contribution in [-0.2, 0) is 17.7 Å². The summed E-state index contributed by atoms with van der Waals surface area (Å²) < 4.78 is 17.3. The number of imidazole rings is 1. The Morgan fingerprint density at radius 1 is 1.22 bits per heavy atom. The van der Waals surface area contributed by atoms with Crippen LogP contribution in [-0.4, -0.2) is 45.5 Å². The number of aromatic nitrogens is 5. The molecule has 8 nitrogen and oxygen atoms in total. The molecule has 0 aliphatic heterocycles. The van der Waals surface area contributed by atoms with Gasteiger partial charge >= 0.3 is 0 Å². The van der Waals surface area contributed by atoms with Crippen molar-refractivity contribution >= 4 is 0 Å². The fraction of sp³-hybridized carbons (Fsp3) is 0.333. The summed E-state index contributed by atoms with van der Waals surface area (Å²) in [6.45, 7) is 1.02. The maximum atomic E-state index is 5.19. The molecule has 0 saturated heterocycles. The molecule has 0 atom stereocenters. The molecule has 0 aromatic carbocycles. The molecule has 3 aromatic heterocycles. The molecule has 0 aliphatic carbocycles. The molecule has 3 rings (SSSR count). The number of nitrogens with zero attached hydrogens (tertiary/aromatic N) is 5. The molecular formula is C15H17N5O3. The first-order valence-corrected chi connectivity index (χ1v) is 7.12. The number of ether oxygens (including phenoxy) is 2. The summed E-state index contributed by atoms with van der Waals surface area (Å²) in [4.78, 5) is 12.8. The Kier molecular flexibility index (Phi) is 4.62. The standard InChI is InChI=1S/C15H17N5O3/c1-21-8-4-13-18-12(19-23-13)10-20-7-6-17-15(20)11-3-5-16-14(9-11)22-2/h3,5-7,9H,4,8,10H2,1-2H3. The van der Waals surface area contributed by atoms with Gasteiger partial charge in [0.15, 0.2) is 5.82 Å². The Hall–Kier alpha value is -2.74. The highest BCUT2D eigenvalue weighted by atomic mass is 16.5. The Morgan fingerprint density at radius 2 is 2.13 bits per heavy atom. The van der Waals surface area contributed by atoms with Gasteiger partial charge in [0, 0.05) is 37.3 Å². The lowest BCUT2D eigenvalue weighted by Crippen LogP contribution is -2.03. The Labute approximate surface area is 133 Å². The molecule has 3 aromatic rings. The molecule has 0 unspecified atom stereocenters. The van der Waals surface area contributed by atoms with E-state index in [4.69, 9.17) is 14.0 Å². The SMILES string of the molecule is COCCc1nc(Cn2ccnc2-c2ccnc(OC)c2)no1. The van der Waals surface area contributed by atoms with E-state index in [2.05, 4.69) is 20.1 Å². The third kappa shape index (κ3) is 3.54. The Balaban J connectivity index is 1.79. The van der Waals surface area contributed by atoms with Crippen LogP contribution in [0.3, 0.4) is 0 Å². The largest absolute Gasteiger partial charge is 0.481 e. The van der Waals surface area contributed by atoms with Crippen molar-refractivity contribution < 1.29 is 14.0 Å². The van der Waals surface area contributed by atoms with E-state index in [0.29, 0.717) is 37.2 Å². The van der Waals surface area contributed by atoms with E-state index in [1.54, 1.807) is 26.6 Å². The summed E-state index contributed by atoms with van der Waals surface area (Å²) in [6.07, 6.45) is 5.88. The molecule has 0 radical (unpaired) electrons. The molecule has 0 N–H and O–H groups in total. The van der Waals surface area contributed by atoms with E-state index in [0.717, 1.165) is 11.4 Å². The molecule has 0 bridgehead atoms. The van der Waals surface area contributed by atoms with Gasteiger partial charge in [-0.25, -0.2) is 9.97 Å². The second-order valence-electron chi connectivity index (χ2n) is 4.81. The molecule has 8 heteroatoms. The van der Waals surface area contributed by atoms with E-state index in [-0.39, 0.29) is 0 Å². The van der Waals surface area contributed by atoms with Crippen molar-refractivity contribution in [2.24, 2.45) is 0 Å². The lowest BCUT2D eigenvalue weighted by Gasteiger charge is -2.06. The zero-order valence-electron chi connectivity index (χ0n) is 13.0. The number of methoxy groups -OCH3 is 2. The van der Waals surface area contributed by atoms with Gasteiger partial charge < -0.3 is 18.6 Å². The van der Waals surface area contributed by atoms with Crippen LogP contribution in [0.5, 0.6) is 5.88 Å². The molecule has 0 aliphatic rings. The Morgan fingerprint density at radius 3 is 2.96 bits per heavy atom. The van der Waals surface area contributed by atoms with Gasteiger partial charge in [-0.05, 0) is 6.07 Å². The molecule has 0 spiro atoms. The van der Waals surface area contributed by atoms with Gasteiger partial charge in [-0.1, -0.05) is 5.16 Å². The van der Waals surface area contributed by atoms with Crippen molar-refractivity contribution in [1.82, 2.24) is 24.7 Å². The van der Waals surface area contributed by atoms with Crippen LogP contribution in [0.2, 0.25) is 0 Å². The summed E-state index contributed by atoms with van der Waals surface area (Å²) in [5, 5.41) is 3.99. The van der Waals surface area contributed by atoms with E-state index in [1.807, 2.05) is 22.9 Å². The fourth-order valence-corrected chi connectivity index (χ4v) is 2.15. The predicted molar refractivity (Wildman–Crippen MR) is 81.0 cm³/mol. The average Bonchev–Trinajstić information content (AvgIpc) is 3.23. The summed E-state index contributed by atoms with van der Waals surface area (Å²) in [5.41, 5.74) is 0.907. The van der Waals surface area contributed by atoms with Crippen LogP contribution in [0, 0.1) is 0 Å². The Bertz CT molecular complexity index is 768. The topological polar surface area (TPSA) is 88.1 Å². The first kappa shape index (κ1) is 15.2. The van der Waals surface area contributed by atoms with E-state index in [9.17, 15) is 0 Å². The fourth-order valence-electron chi connectivity index (χ4n) is 2.15. The molecule has 0 amide bonds. The highest BCUT2D eigenvalue weighted by Gasteiger charge is 2.11. The van der Waals surface area contributed by atoms with Crippen molar-refractivity contribution in [3.05, 3.63) is 42.4 Å². The zero-order valence-corrected chi connectivity index (χ0v) is 13.0. The summed E-state index contributed by atoms with van der Waals surface area (Å²) in [6, 6.07) is 3.71. The highest BCUT2D eigenvalue weighted by molar-refractivity contribution is 5.56. The third-order valence-electron chi connectivity index (χ3n) is 3.26. The van der Waals surface area contributed by atoms with Gasteiger partial charge in [0.25, 0.3) is 0 Å². The first-order chi connectivity index (χ1) is 11.3. The maximum absolute atomic E-state index is 5.19. The second-order valence-corrected chi connectivity index (χ2v) is 4.81. The van der Waals surface area contributed by atoms with Gasteiger partial charge in [0.1, 0.15) is 5.82 Å². The van der Waals surface area contributed by atoms with Crippen molar-refractivity contribution in [2.45, 2.75) is 13.0 Å². The molecule has 120 valence electrons. The lowest BCUT2D eigenvalue weighted by atomic mass is 10.2. The molecule has 0 fully saturated rings. The maximum Gasteiger partial charge on any atom is 0.229 e. The smallest absolute Gasteiger partial charge is 0.229 e. The quantitative estimate of drug-likeness (QED) is 0.654. The molecule has 3 heterocycles. The third-order valence-corrected chi connectivity index (χ3v) is 3.26. The van der Waals surface area contributed by atoms with Crippen LogP contribution in [0.1, 0.15) is 11.7 Å². The number of rotatable bonds is 7. The minimum Gasteiger partial charge on any atom is -0.481 e. The first-order valence-electron chi connectivity index (χ1n) is 7.12. The lowest BCUT2D eigenvalue weighted by molar-refractivity contribution is 0.192. The van der Waals surface area contributed by atoms with Crippen LogP contribution < -0.4 is 4.74 Å². The predicted octanol–water partition coefficient (Wildman–Crippen LogP) is 1.57. The minimum atomic E-state index is 0.469. The van der Waals surface area contributed by atoms with Crippen LogP contribution in [0.25, 0.3) is 11.4 Å². The van der Waals surface area contributed by atoms with E-state index >= 15 is 0 Å². The van der Waals surface area contributed by atoms with Crippen molar-refractivity contribution in [1.29, 1.82) is 0 Å². The number of hydrogen-bond donors (Lipinski definition) is 0. The second kappa shape index (κ2) is 7.01. The minimum absolute atomic E-state index is 0.469. The molecule has 0 saturated carbocycles. The number of hydrogen-bond acceptors (Lipinski definition) is 7. The molecular weight excluding hydrogens is 298 g/mol. The van der Waals surface area contributed by atoms with Gasteiger partial charge in [-0.2, -0.15) is 4.98 Å². The summed E-state index contributed by atoms with van der Waals surface area (Å²) >= 11 is 0. The van der Waals surface area contributed by atoms with Gasteiger partial charge in [0.2, 0.25) is 11.8 Å². The summed E-state index contributed by atoms with van der Waals surface area (Å²) in [5.74, 6) is 2.48. The van der Waals surface area contributed by atoms with Crippen LogP contribution >= 0.6 is 0 Å². The normalized spacial score (nSPS) is 10.9. The average molecular weight is 315 g/mol. The van der Waals surface area contributed by atoms with Crippen LogP contribution in [0.4, 0.5) is 0 Å². The van der Waals surface area contributed by atoms with Crippen molar-refractivity contribution in [3.8, 4) is 17.3 Å². The van der Waals surface area contributed by atoms with Crippen molar-refractivity contribution in [3.63, 3.8) is 0 Å². The summed E-state index contributed by atoms with van der Waals surface area (Å²) in [7, 11) is 3.22. The van der Waals surface area contributed by atoms with Gasteiger partial charge in [-0.3, -0.25) is 0 Å². The monoisotopic (exact) mass is 315 g/mol. The van der Waals surface area contributed by atoms with E-state index in [1.165, 1.54) is 0 Å². The zero-order chi connectivity index (χ0) is 16.1. The highest BCUT2D eigenvalue weighted by Crippen LogP contribution is 2.21. The van der Waals surface area contributed by atoms with Gasteiger partial charge in [0.05, 0.1) is 26.7 Å². The number of pyridine rings is 1. The van der Waals surface area contributed by atoms with Crippen molar-refractivity contribution in [2.75, 3.05) is 20.8 Å². The molecule has 23 heavy (non-hydrogen) atoms. The van der Waals surface area contributed by atoms with E-state index < -0.39 is 0 Å². The van der Waals surface area contributed by atoms with Gasteiger partial charge in [-0.15, -0.1) is 0 Å². The van der Waals surface area contributed by atoms with Crippen LogP contribution in [0.15, 0.2) is 35.2 Å².